The van der Waals surface area contributed by atoms with E-state index in [9.17, 15) is 0 Å². The van der Waals surface area contributed by atoms with Crippen molar-refractivity contribution in [3.8, 4) is 0 Å². The molecule has 0 amide bonds. The number of thiol groups is 1. The van der Waals surface area contributed by atoms with Crippen molar-refractivity contribution in [2.75, 3.05) is 26.3 Å². The molecule has 0 aromatic heterocycles. The maximum absolute atomic E-state index is 6.07. The van der Waals surface area contributed by atoms with Gasteiger partial charge in [0, 0.05) is 13.1 Å². The molecule has 0 aliphatic carbocycles. The van der Waals surface area contributed by atoms with E-state index in [0.29, 0.717) is 6.61 Å². The number of hydrogen-bond donors (Lipinski definition) is 2. The maximum Gasteiger partial charge on any atom is 0.0804 e. The third-order valence-corrected chi connectivity index (χ3v) is 6.15. The average Bonchev–Trinajstić information content (AvgIpc) is 2.75. The smallest absolute Gasteiger partial charge is 0.0804 e. The van der Waals surface area contributed by atoms with Crippen molar-refractivity contribution in [3.63, 3.8) is 0 Å². The second kappa shape index (κ2) is 21.9. The molecule has 1 fully saturated rings. The minimum absolute atomic E-state index is 0.148. The minimum Gasteiger partial charge on any atom is -0.372 e. The molecular formula is C24H51NO2S. The third-order valence-electron chi connectivity index (χ3n) is 5.89. The van der Waals surface area contributed by atoms with Crippen molar-refractivity contribution < 1.29 is 8.92 Å². The molecule has 1 rings (SSSR count). The Morgan fingerprint density at radius 3 is 1.61 bits per heavy atom. The van der Waals surface area contributed by atoms with Gasteiger partial charge in [-0.1, -0.05) is 104 Å². The van der Waals surface area contributed by atoms with Crippen LogP contribution in [0.2, 0.25) is 0 Å². The van der Waals surface area contributed by atoms with Gasteiger partial charge in [0.05, 0.1) is 18.8 Å². The zero-order valence-corrected chi connectivity index (χ0v) is 20.3. The van der Waals surface area contributed by atoms with Gasteiger partial charge in [0.15, 0.2) is 0 Å². The lowest BCUT2D eigenvalue weighted by Gasteiger charge is -2.37. The second-order valence-electron chi connectivity index (χ2n) is 8.33. The van der Waals surface area contributed by atoms with Gasteiger partial charge < -0.3 is 14.2 Å². The molecule has 3 nitrogen and oxygen atoms in total. The fraction of sp³-hybridized carbons (Fsp3) is 1.00. The predicted octanol–water partition coefficient (Wildman–Crippen LogP) is 7.49. The number of nitrogens with one attached hydrogen (secondary N) is 1. The summed E-state index contributed by atoms with van der Waals surface area (Å²) < 4.78 is 10.3. The number of rotatable bonds is 17. The van der Waals surface area contributed by atoms with Crippen LogP contribution in [0.3, 0.4) is 0 Å². The second-order valence-corrected chi connectivity index (χ2v) is 8.58. The van der Waals surface area contributed by atoms with Crippen molar-refractivity contribution in [2.24, 2.45) is 0 Å². The van der Waals surface area contributed by atoms with Gasteiger partial charge in [-0.15, -0.1) is 0 Å². The van der Waals surface area contributed by atoms with Gasteiger partial charge in [0.1, 0.15) is 0 Å². The molecule has 1 heterocycles. The van der Waals surface area contributed by atoms with E-state index in [2.05, 4.69) is 36.3 Å². The molecule has 1 N–H and O–H groups in total. The molecule has 1 aliphatic rings. The molecule has 1 atom stereocenters. The van der Waals surface area contributed by atoms with Crippen LogP contribution >= 0.6 is 12.9 Å². The summed E-state index contributed by atoms with van der Waals surface area (Å²) >= 11 is 3.42. The van der Waals surface area contributed by atoms with Gasteiger partial charge in [-0.25, -0.2) is 0 Å². The molecule has 1 saturated heterocycles. The SMILES string of the molecule is CCCCCCCCCCCCCCCCC1(CC)CNCCO1.CCOS. The number of unbranched alkanes of at least 4 members (excludes halogenated alkanes) is 13. The van der Waals surface area contributed by atoms with E-state index >= 15 is 0 Å². The van der Waals surface area contributed by atoms with Crippen LogP contribution in [0, 0.1) is 0 Å². The van der Waals surface area contributed by atoms with Crippen LogP contribution in [0.15, 0.2) is 0 Å². The van der Waals surface area contributed by atoms with Crippen LogP contribution in [-0.4, -0.2) is 31.9 Å². The molecule has 0 aromatic carbocycles. The van der Waals surface area contributed by atoms with E-state index in [4.69, 9.17) is 4.74 Å². The summed E-state index contributed by atoms with van der Waals surface area (Å²) in [6, 6.07) is 0. The van der Waals surface area contributed by atoms with E-state index in [1.165, 1.54) is 96.3 Å². The van der Waals surface area contributed by atoms with E-state index in [1.807, 2.05) is 6.92 Å². The topological polar surface area (TPSA) is 30.5 Å². The summed E-state index contributed by atoms with van der Waals surface area (Å²) in [5.74, 6) is 0. The van der Waals surface area contributed by atoms with Crippen LogP contribution in [0.5, 0.6) is 0 Å². The number of ether oxygens (including phenoxy) is 1. The Morgan fingerprint density at radius 2 is 1.25 bits per heavy atom. The molecular weight excluding hydrogens is 366 g/mol. The highest BCUT2D eigenvalue weighted by Crippen LogP contribution is 2.25. The molecule has 1 unspecified atom stereocenters. The monoisotopic (exact) mass is 417 g/mol. The summed E-state index contributed by atoms with van der Waals surface area (Å²) in [4.78, 5) is 0. The third kappa shape index (κ3) is 17.1. The summed E-state index contributed by atoms with van der Waals surface area (Å²) in [5, 5.41) is 3.50. The van der Waals surface area contributed by atoms with E-state index in [0.717, 1.165) is 26.1 Å². The first kappa shape index (κ1) is 28.2. The van der Waals surface area contributed by atoms with Gasteiger partial charge in [0.2, 0.25) is 0 Å². The fourth-order valence-electron chi connectivity index (χ4n) is 3.91. The van der Waals surface area contributed by atoms with Gasteiger partial charge in [-0.2, -0.15) is 0 Å². The van der Waals surface area contributed by atoms with Crippen LogP contribution in [0.1, 0.15) is 124 Å². The molecule has 0 saturated carbocycles. The van der Waals surface area contributed by atoms with Crippen molar-refractivity contribution in [2.45, 2.75) is 129 Å². The van der Waals surface area contributed by atoms with Crippen molar-refractivity contribution in [1.29, 1.82) is 0 Å². The Hall–Kier alpha value is 0.230. The number of hydrogen-bond acceptors (Lipinski definition) is 4. The minimum atomic E-state index is 0.148. The van der Waals surface area contributed by atoms with E-state index < -0.39 is 0 Å². The van der Waals surface area contributed by atoms with Gasteiger partial charge >= 0.3 is 0 Å². The average molecular weight is 418 g/mol. The largest absolute Gasteiger partial charge is 0.372 e. The predicted molar refractivity (Wildman–Crippen MR) is 127 cm³/mol. The molecule has 28 heavy (non-hydrogen) atoms. The van der Waals surface area contributed by atoms with Crippen LogP contribution in [-0.2, 0) is 8.92 Å². The lowest BCUT2D eigenvalue weighted by Crippen LogP contribution is -2.49. The molecule has 1 aliphatic heterocycles. The summed E-state index contributed by atoms with van der Waals surface area (Å²) in [7, 11) is 0. The summed E-state index contributed by atoms with van der Waals surface area (Å²) in [5.41, 5.74) is 0.148. The van der Waals surface area contributed by atoms with Crippen molar-refractivity contribution in [1.82, 2.24) is 5.32 Å². The highest BCUT2D eigenvalue weighted by Gasteiger charge is 2.30. The van der Waals surface area contributed by atoms with E-state index in [-0.39, 0.29) is 5.60 Å². The first-order chi connectivity index (χ1) is 13.7. The standard InChI is InChI=1S/C22H45NO.C2H6OS/c1-3-5-6-7-8-9-10-11-12-13-14-15-16-17-18-22(4-2)21-23-19-20-24-22;1-2-3-4/h23H,3-21H2,1-2H3;4H,2H2,1H3. The molecule has 4 heteroatoms. The Balaban J connectivity index is 0.00000165. The fourth-order valence-corrected chi connectivity index (χ4v) is 3.91. The first-order valence-electron chi connectivity index (χ1n) is 12.4. The summed E-state index contributed by atoms with van der Waals surface area (Å²) in [6.45, 7) is 10.1. The normalized spacial score (nSPS) is 19.3. The Kier molecular flexibility index (Phi) is 22.1. The van der Waals surface area contributed by atoms with Gasteiger partial charge in [-0.05, 0) is 32.7 Å². The Bertz CT molecular complexity index is 294. The van der Waals surface area contributed by atoms with Crippen molar-refractivity contribution in [3.05, 3.63) is 0 Å². The van der Waals surface area contributed by atoms with Gasteiger partial charge in [0.25, 0.3) is 0 Å². The quantitative estimate of drug-likeness (QED) is 0.146. The van der Waals surface area contributed by atoms with E-state index in [1.54, 1.807) is 0 Å². The Morgan fingerprint density at radius 1 is 0.786 bits per heavy atom. The highest BCUT2D eigenvalue weighted by molar-refractivity contribution is 7.75. The molecule has 0 spiro atoms. The molecule has 0 bridgehead atoms. The van der Waals surface area contributed by atoms with Crippen LogP contribution < -0.4 is 5.32 Å². The molecule has 0 aromatic rings. The van der Waals surface area contributed by atoms with Crippen LogP contribution in [0.25, 0.3) is 0 Å². The Labute approximate surface area is 182 Å². The zero-order valence-electron chi connectivity index (χ0n) is 19.4. The van der Waals surface area contributed by atoms with Crippen LogP contribution in [0.4, 0.5) is 0 Å². The zero-order chi connectivity index (χ0) is 20.8. The lowest BCUT2D eigenvalue weighted by atomic mass is 9.91. The molecule has 0 radical (unpaired) electrons. The van der Waals surface area contributed by atoms with Crippen molar-refractivity contribution >= 4 is 12.9 Å². The highest BCUT2D eigenvalue weighted by atomic mass is 32.1. The lowest BCUT2D eigenvalue weighted by molar-refractivity contribution is -0.0748. The molecule has 170 valence electrons. The van der Waals surface area contributed by atoms with Gasteiger partial charge in [-0.3, -0.25) is 0 Å². The maximum atomic E-state index is 6.07. The number of morpholine rings is 1. The summed E-state index contributed by atoms with van der Waals surface area (Å²) in [6.07, 6.45) is 22.5. The first-order valence-corrected chi connectivity index (χ1v) is 12.7.